The van der Waals surface area contributed by atoms with E-state index in [0.29, 0.717) is 35.5 Å². The number of thiazole rings is 1. The van der Waals surface area contributed by atoms with Gasteiger partial charge in [-0.2, -0.15) is 0 Å². The number of rotatable bonds is 6. The highest BCUT2D eigenvalue weighted by Gasteiger charge is 2.03. The lowest BCUT2D eigenvalue weighted by molar-refractivity contribution is -0.905. The number of pyridine rings is 4. The number of aromatic nitrogens is 7. The molecule has 0 aliphatic rings. The van der Waals surface area contributed by atoms with Crippen LogP contribution < -0.4 is 4.73 Å². The molecule has 0 aromatic carbocycles. The zero-order chi connectivity index (χ0) is 40.3. The molecule has 8 nitrogen and oxygen atoms in total. The highest BCUT2D eigenvalue weighted by molar-refractivity contribution is 7.07. The van der Waals surface area contributed by atoms with E-state index in [1.165, 1.54) is 11.3 Å². The van der Waals surface area contributed by atoms with Gasteiger partial charge in [0.25, 0.3) is 0 Å². The Morgan fingerprint density at radius 3 is 1.28 bits per heavy atom. The van der Waals surface area contributed by atoms with Gasteiger partial charge in [-0.3, -0.25) is 20.2 Å². The largest absolute Gasteiger partial charge is 0.285 e. The average molecular weight is 751 g/mol. The van der Waals surface area contributed by atoms with Gasteiger partial charge in [-0.25, -0.2) is 15.0 Å². The Bertz CT molecular complexity index is 1540. The molecule has 6 aromatic heterocycles. The van der Waals surface area contributed by atoms with E-state index in [2.05, 4.69) is 124 Å². The minimum atomic E-state index is 0.436. The Morgan fingerprint density at radius 1 is 0.481 bits per heavy atom. The monoisotopic (exact) mass is 750 g/mol. The van der Waals surface area contributed by atoms with E-state index in [-0.39, 0.29) is 0 Å². The molecular formula is C45H64N7OS+. The summed E-state index contributed by atoms with van der Waals surface area (Å²) in [5, 5.41) is 11.1. The summed E-state index contributed by atoms with van der Waals surface area (Å²) in [7, 11) is 0. The lowest BCUT2D eigenvalue weighted by Gasteiger charge is -2.00. The topological polar surface area (TPSA) is 101 Å². The molecule has 0 unspecified atom stereocenters. The Labute approximate surface area is 329 Å². The maximum atomic E-state index is 8.98. The van der Waals surface area contributed by atoms with Gasteiger partial charge in [-0.05, 0) is 77.6 Å². The minimum absolute atomic E-state index is 0.436. The van der Waals surface area contributed by atoms with Gasteiger partial charge in [0, 0.05) is 76.2 Å². The Morgan fingerprint density at radius 2 is 1.00 bits per heavy atom. The molecule has 290 valence electrons. The lowest BCUT2D eigenvalue weighted by Crippen LogP contribution is -2.28. The summed E-state index contributed by atoms with van der Waals surface area (Å²) in [4.78, 5) is 24.6. The van der Waals surface area contributed by atoms with Crippen LogP contribution in [0.1, 0.15) is 153 Å². The van der Waals surface area contributed by atoms with Gasteiger partial charge >= 0.3 is 0 Å². The van der Waals surface area contributed by atoms with Crippen molar-refractivity contribution in [1.82, 2.24) is 29.9 Å². The molecule has 0 spiro atoms. The third-order valence-electron chi connectivity index (χ3n) is 7.53. The molecule has 0 saturated heterocycles. The van der Waals surface area contributed by atoms with Gasteiger partial charge in [0.05, 0.1) is 11.2 Å². The van der Waals surface area contributed by atoms with Crippen LogP contribution in [0.2, 0.25) is 0 Å². The van der Waals surface area contributed by atoms with E-state index in [9.17, 15) is 0 Å². The molecule has 0 bridgehead atoms. The predicted octanol–water partition coefficient (Wildman–Crippen LogP) is 11.8. The highest BCUT2D eigenvalue weighted by atomic mass is 32.1. The fourth-order valence-electron chi connectivity index (χ4n) is 4.09. The predicted molar refractivity (Wildman–Crippen MR) is 225 cm³/mol. The molecule has 1 N–H and O–H groups in total. The Balaban J connectivity index is 0.000000324. The Kier molecular flexibility index (Phi) is 24.2. The fraction of sp³-hybridized carbons (Fsp3) is 0.400. The van der Waals surface area contributed by atoms with Crippen molar-refractivity contribution >= 4 is 11.3 Å². The molecule has 6 aromatic rings. The molecule has 0 radical (unpaired) electrons. The molecular weight excluding hydrogens is 687 g/mol. The standard InChI is InChI=1S/C8H12NO.3C8H11N.C7H10N2.C6H9NS/c1-7(2)8-4-3-5-9(10)6-8;1-7(2)8-4-3-5-9-6-8;2*1-7(2)8-5-3-4-6-9-8;1-6(2)7-8-4-3-5-9-7;1-5(2)6-3-8-4-7-6/h3-7,10H,1-2H3;3*3-7H,1-2H3;3-6H,1-2H3;3-5H,1-2H3/q+1;;;;;. The highest BCUT2D eigenvalue weighted by Crippen LogP contribution is 2.13. The lowest BCUT2D eigenvalue weighted by atomic mass is 10.1. The van der Waals surface area contributed by atoms with Crippen LogP contribution in [-0.4, -0.2) is 35.1 Å². The normalized spacial score (nSPS) is 10.2. The summed E-state index contributed by atoms with van der Waals surface area (Å²) in [6.07, 6.45) is 14.2. The van der Waals surface area contributed by atoms with Crippen molar-refractivity contribution in [2.24, 2.45) is 0 Å². The molecule has 0 atom stereocenters. The zero-order valence-corrected chi connectivity index (χ0v) is 35.4. The van der Waals surface area contributed by atoms with E-state index >= 15 is 0 Å². The van der Waals surface area contributed by atoms with E-state index in [4.69, 9.17) is 5.21 Å². The summed E-state index contributed by atoms with van der Waals surface area (Å²) in [6, 6.07) is 21.7. The molecule has 0 fully saturated rings. The van der Waals surface area contributed by atoms with Crippen LogP contribution >= 0.6 is 11.3 Å². The quantitative estimate of drug-likeness (QED) is 0.134. The van der Waals surface area contributed by atoms with Crippen LogP contribution in [0, 0.1) is 0 Å². The van der Waals surface area contributed by atoms with Crippen LogP contribution in [0.4, 0.5) is 0 Å². The summed E-state index contributed by atoms with van der Waals surface area (Å²) >= 11 is 1.66. The first-order valence-electron chi connectivity index (χ1n) is 18.8. The smallest absolute Gasteiger partial charge is 0.225 e. The van der Waals surface area contributed by atoms with Crippen LogP contribution in [0.3, 0.4) is 0 Å². The molecule has 9 heteroatoms. The maximum absolute atomic E-state index is 8.98. The molecule has 0 aliphatic carbocycles. The summed E-state index contributed by atoms with van der Waals surface area (Å²) in [6.45, 7) is 25.5. The second-order valence-corrected chi connectivity index (χ2v) is 15.0. The van der Waals surface area contributed by atoms with Gasteiger partial charge in [-0.15, -0.1) is 11.3 Å². The Hall–Kier alpha value is -4.89. The zero-order valence-electron chi connectivity index (χ0n) is 34.6. The van der Waals surface area contributed by atoms with Crippen LogP contribution in [0.25, 0.3) is 0 Å². The second kappa shape index (κ2) is 27.7. The van der Waals surface area contributed by atoms with E-state index in [1.54, 1.807) is 42.3 Å². The SMILES string of the molecule is CC(C)c1ccc[n+](O)c1.CC(C)c1ccccn1.CC(C)c1ccccn1.CC(C)c1cccnc1.CC(C)c1cscn1.CC(C)c1ncccn1. The first kappa shape index (κ1) is 47.1. The summed E-state index contributed by atoms with van der Waals surface area (Å²) < 4.78 is 1.08. The average Bonchev–Trinajstić information content (AvgIpc) is 3.74. The fourth-order valence-corrected chi connectivity index (χ4v) is 4.81. The maximum Gasteiger partial charge on any atom is 0.225 e. The van der Waals surface area contributed by atoms with Gasteiger partial charge < -0.3 is 0 Å². The van der Waals surface area contributed by atoms with Gasteiger partial charge in [0.2, 0.25) is 12.4 Å². The third-order valence-corrected chi connectivity index (χ3v) is 8.13. The van der Waals surface area contributed by atoms with Gasteiger partial charge in [0.15, 0.2) is 0 Å². The van der Waals surface area contributed by atoms with Crippen LogP contribution in [0.15, 0.2) is 127 Å². The molecule has 0 saturated carbocycles. The van der Waals surface area contributed by atoms with E-state index < -0.39 is 0 Å². The first-order valence-corrected chi connectivity index (χ1v) is 19.7. The van der Waals surface area contributed by atoms with Crippen molar-refractivity contribution in [3.63, 3.8) is 0 Å². The van der Waals surface area contributed by atoms with Crippen molar-refractivity contribution in [2.75, 3.05) is 0 Å². The van der Waals surface area contributed by atoms with Crippen molar-refractivity contribution in [3.05, 3.63) is 161 Å². The molecule has 0 amide bonds. The third kappa shape index (κ3) is 21.6. The van der Waals surface area contributed by atoms with Crippen molar-refractivity contribution < 1.29 is 9.94 Å². The van der Waals surface area contributed by atoms with E-state index in [0.717, 1.165) is 27.5 Å². The number of hydrogen-bond donors (Lipinski definition) is 1. The molecule has 6 heterocycles. The minimum Gasteiger partial charge on any atom is -0.285 e. The summed E-state index contributed by atoms with van der Waals surface area (Å²) in [5.41, 5.74) is 7.85. The second-order valence-electron chi connectivity index (χ2n) is 14.3. The van der Waals surface area contributed by atoms with Crippen LogP contribution in [-0.2, 0) is 0 Å². The van der Waals surface area contributed by atoms with Gasteiger partial charge in [0.1, 0.15) is 5.82 Å². The van der Waals surface area contributed by atoms with Crippen LogP contribution in [0.5, 0.6) is 0 Å². The molecule has 54 heavy (non-hydrogen) atoms. The first-order chi connectivity index (χ1) is 25.7. The molecule has 0 aliphatic heterocycles. The molecule has 6 rings (SSSR count). The van der Waals surface area contributed by atoms with Crippen molar-refractivity contribution in [1.29, 1.82) is 0 Å². The van der Waals surface area contributed by atoms with Crippen molar-refractivity contribution in [3.8, 4) is 0 Å². The number of nitrogens with zero attached hydrogens (tertiary/aromatic N) is 7. The van der Waals surface area contributed by atoms with Crippen molar-refractivity contribution in [2.45, 2.75) is 119 Å². The summed E-state index contributed by atoms with van der Waals surface area (Å²) in [5.74, 6) is 4.10. The number of hydrogen-bond acceptors (Lipinski definition) is 8. The van der Waals surface area contributed by atoms with E-state index in [1.807, 2.05) is 84.8 Å². The van der Waals surface area contributed by atoms with Gasteiger partial charge in [-0.1, -0.05) is 101 Å².